The molecule has 1 amide bonds. The number of hydrogen-bond acceptors (Lipinski definition) is 7. The molecule has 4 rings (SSSR count). The Bertz CT molecular complexity index is 1220. The minimum absolute atomic E-state index is 0.00395. The van der Waals surface area contributed by atoms with Crippen LogP contribution in [0.3, 0.4) is 0 Å². The van der Waals surface area contributed by atoms with Gasteiger partial charge in [-0.2, -0.15) is 0 Å². The lowest BCUT2D eigenvalue weighted by molar-refractivity contribution is 0.0857. The second kappa shape index (κ2) is 7.09. The van der Waals surface area contributed by atoms with Crippen molar-refractivity contribution in [1.29, 1.82) is 0 Å². The first kappa shape index (κ1) is 19.3. The Labute approximate surface area is 171 Å². The number of amides is 1. The summed E-state index contributed by atoms with van der Waals surface area (Å²) in [5, 5.41) is 0.524. The Kier molecular flexibility index (Phi) is 4.71. The summed E-state index contributed by atoms with van der Waals surface area (Å²) < 4.78 is 42.5. The van der Waals surface area contributed by atoms with Crippen LogP contribution in [0.15, 0.2) is 51.9 Å². The van der Waals surface area contributed by atoms with Crippen LogP contribution in [0, 0.1) is 0 Å². The molecule has 0 aliphatic carbocycles. The average molecular weight is 435 g/mol. The Morgan fingerprint density at radius 2 is 1.86 bits per heavy atom. The molecule has 1 aliphatic heterocycles. The van der Waals surface area contributed by atoms with E-state index in [1.807, 2.05) is 0 Å². The van der Waals surface area contributed by atoms with Crippen molar-refractivity contribution in [2.24, 2.45) is 0 Å². The van der Waals surface area contributed by atoms with Crippen LogP contribution in [0.25, 0.3) is 11.3 Å². The number of carbonyl (C=O) groups excluding carboxylic acids is 1. The summed E-state index contributed by atoms with van der Waals surface area (Å²) in [5.74, 6) is 0.263. The first-order valence-electron chi connectivity index (χ1n) is 8.39. The number of benzene rings is 2. The zero-order chi connectivity index (χ0) is 20.8. The molecule has 10 heteroatoms. The number of ether oxygens (including phenoxy) is 2. The topological polar surface area (TPSA) is 98.9 Å². The van der Waals surface area contributed by atoms with Crippen LogP contribution in [0.4, 0.5) is 0 Å². The zero-order valence-corrected chi connectivity index (χ0v) is 17.0. The highest BCUT2D eigenvalue weighted by atomic mass is 35.5. The summed E-state index contributed by atoms with van der Waals surface area (Å²) in [5.41, 5.74) is 0.689. The summed E-state index contributed by atoms with van der Waals surface area (Å²) >= 11 is 5.98. The Morgan fingerprint density at radius 1 is 1.14 bits per heavy atom. The van der Waals surface area contributed by atoms with Crippen LogP contribution in [0.2, 0.25) is 5.02 Å². The van der Waals surface area contributed by atoms with E-state index < -0.39 is 15.9 Å². The number of halogens is 1. The molecular formula is C19H15ClN2O6S. The van der Waals surface area contributed by atoms with E-state index in [0.717, 1.165) is 0 Å². The number of fused-ring (bicyclic) bond motifs is 1. The third kappa shape index (κ3) is 3.22. The quantitative estimate of drug-likeness (QED) is 0.607. The molecular weight excluding hydrogens is 420 g/mol. The van der Waals surface area contributed by atoms with Crippen molar-refractivity contribution in [2.45, 2.75) is 11.4 Å². The molecule has 0 saturated heterocycles. The molecule has 3 aromatic rings. The second-order valence-corrected chi connectivity index (χ2v) is 8.42. The molecule has 0 unspecified atom stereocenters. The highest BCUT2D eigenvalue weighted by molar-refractivity contribution is 7.90. The van der Waals surface area contributed by atoms with Gasteiger partial charge in [0.25, 0.3) is 15.9 Å². The molecule has 2 heterocycles. The van der Waals surface area contributed by atoms with Crippen molar-refractivity contribution in [3.8, 4) is 22.8 Å². The minimum Gasteiger partial charge on any atom is -0.493 e. The van der Waals surface area contributed by atoms with Crippen molar-refractivity contribution in [1.82, 2.24) is 9.29 Å². The summed E-state index contributed by atoms with van der Waals surface area (Å²) in [6.45, 7) is -0.346. The summed E-state index contributed by atoms with van der Waals surface area (Å²) in [4.78, 5) is 16.7. The van der Waals surface area contributed by atoms with Gasteiger partial charge in [-0.1, -0.05) is 23.7 Å². The van der Waals surface area contributed by atoms with Gasteiger partial charge in [-0.15, -0.1) is 0 Å². The minimum atomic E-state index is -4.09. The third-order valence-corrected chi connectivity index (χ3v) is 6.46. The largest absolute Gasteiger partial charge is 0.493 e. The molecule has 8 nitrogen and oxygen atoms in total. The third-order valence-electron chi connectivity index (χ3n) is 4.45. The van der Waals surface area contributed by atoms with Crippen LogP contribution in [-0.2, 0) is 16.6 Å². The van der Waals surface area contributed by atoms with Crippen molar-refractivity contribution < 1.29 is 27.1 Å². The fourth-order valence-electron chi connectivity index (χ4n) is 3.04. The monoisotopic (exact) mass is 434 g/mol. The van der Waals surface area contributed by atoms with Gasteiger partial charge in [0.05, 0.1) is 26.0 Å². The molecule has 0 saturated carbocycles. The molecule has 1 aliphatic rings. The maximum absolute atomic E-state index is 12.9. The molecule has 0 spiro atoms. The van der Waals surface area contributed by atoms with Crippen LogP contribution in [0.5, 0.6) is 11.5 Å². The molecule has 29 heavy (non-hydrogen) atoms. The van der Waals surface area contributed by atoms with E-state index >= 15 is 0 Å². The van der Waals surface area contributed by atoms with Crippen LogP contribution >= 0.6 is 11.6 Å². The molecule has 0 fully saturated rings. The van der Waals surface area contributed by atoms with Gasteiger partial charge in [0.1, 0.15) is 11.4 Å². The summed E-state index contributed by atoms with van der Waals surface area (Å²) in [6, 6.07) is 9.57. The molecule has 1 aromatic heterocycles. The summed E-state index contributed by atoms with van der Waals surface area (Å²) in [6.07, 6.45) is 1.45. The van der Waals surface area contributed by atoms with E-state index in [2.05, 4.69) is 4.98 Å². The number of nitrogens with zero attached hydrogens (tertiary/aromatic N) is 2. The highest BCUT2D eigenvalue weighted by Gasteiger charge is 2.43. The fraction of sp³-hybridized carbons (Fsp3) is 0.158. The van der Waals surface area contributed by atoms with Gasteiger partial charge in [-0.25, -0.2) is 17.7 Å². The molecule has 2 aromatic carbocycles. The first-order chi connectivity index (χ1) is 13.8. The van der Waals surface area contributed by atoms with E-state index in [-0.39, 0.29) is 34.4 Å². The molecule has 0 atom stereocenters. The first-order valence-corrected chi connectivity index (χ1v) is 10.2. The van der Waals surface area contributed by atoms with Gasteiger partial charge >= 0.3 is 0 Å². The van der Waals surface area contributed by atoms with Crippen LogP contribution < -0.4 is 9.47 Å². The Balaban J connectivity index is 1.67. The Hall–Kier alpha value is -3.04. The van der Waals surface area contributed by atoms with Crippen molar-refractivity contribution in [3.63, 3.8) is 0 Å². The lowest BCUT2D eigenvalue weighted by Gasteiger charge is -2.12. The average Bonchev–Trinajstić information content (AvgIpc) is 3.25. The van der Waals surface area contributed by atoms with E-state index in [4.69, 9.17) is 25.5 Å². The standard InChI is InChI=1S/C19H15ClN2O6S/c1-26-14-7-13-17(8-15(14)27-2)29(24,25)22(19(13)23)10-18-21-9-16(28-18)11-4-3-5-12(20)6-11/h3-9H,10H2,1-2H3. The van der Waals surface area contributed by atoms with Crippen LogP contribution in [-0.4, -0.2) is 37.8 Å². The zero-order valence-electron chi connectivity index (χ0n) is 15.4. The van der Waals surface area contributed by atoms with E-state index in [1.54, 1.807) is 24.3 Å². The SMILES string of the molecule is COc1cc2c(cc1OC)S(=O)(=O)N(Cc1ncc(-c3cccc(Cl)c3)o1)C2=O. The number of oxazole rings is 1. The van der Waals surface area contributed by atoms with Gasteiger partial charge < -0.3 is 13.9 Å². The number of sulfonamides is 1. The highest BCUT2D eigenvalue weighted by Crippen LogP contribution is 2.39. The van der Waals surface area contributed by atoms with Crippen molar-refractivity contribution in [3.05, 3.63) is 59.1 Å². The number of aromatic nitrogens is 1. The maximum Gasteiger partial charge on any atom is 0.269 e. The van der Waals surface area contributed by atoms with Crippen LogP contribution in [0.1, 0.15) is 16.2 Å². The van der Waals surface area contributed by atoms with Crippen molar-refractivity contribution in [2.75, 3.05) is 14.2 Å². The van der Waals surface area contributed by atoms with Gasteiger partial charge in [0.2, 0.25) is 5.89 Å². The normalized spacial score (nSPS) is 14.7. The molecule has 0 bridgehead atoms. The van der Waals surface area contributed by atoms with Gasteiger partial charge in [-0.05, 0) is 18.2 Å². The number of carbonyl (C=O) groups is 1. The van der Waals surface area contributed by atoms with E-state index in [9.17, 15) is 13.2 Å². The predicted octanol–water partition coefficient (Wildman–Crippen LogP) is 3.36. The Morgan fingerprint density at radius 3 is 2.55 bits per heavy atom. The maximum atomic E-state index is 12.9. The second-order valence-electron chi connectivity index (χ2n) is 6.15. The summed E-state index contributed by atoms with van der Waals surface area (Å²) in [7, 11) is -1.30. The molecule has 0 N–H and O–H groups in total. The van der Waals surface area contributed by atoms with Crippen molar-refractivity contribution >= 4 is 27.5 Å². The predicted molar refractivity (Wildman–Crippen MR) is 104 cm³/mol. The fourth-order valence-corrected chi connectivity index (χ4v) is 4.75. The lowest BCUT2D eigenvalue weighted by atomic mass is 10.2. The van der Waals surface area contributed by atoms with Gasteiger partial charge in [0, 0.05) is 16.7 Å². The lowest BCUT2D eigenvalue weighted by Crippen LogP contribution is -2.29. The van der Waals surface area contributed by atoms with Gasteiger partial charge in [0.15, 0.2) is 17.3 Å². The van der Waals surface area contributed by atoms with Gasteiger partial charge in [-0.3, -0.25) is 4.79 Å². The molecule has 0 radical (unpaired) electrons. The number of methoxy groups -OCH3 is 2. The van der Waals surface area contributed by atoms with E-state index in [1.165, 1.54) is 32.5 Å². The van der Waals surface area contributed by atoms with E-state index in [0.29, 0.717) is 20.7 Å². The number of rotatable bonds is 5. The molecule has 150 valence electrons. The smallest absolute Gasteiger partial charge is 0.269 e. The number of hydrogen-bond donors (Lipinski definition) is 0.